The van der Waals surface area contributed by atoms with Gasteiger partial charge in [0.15, 0.2) is 0 Å². The second-order valence-corrected chi connectivity index (χ2v) is 5.44. The van der Waals surface area contributed by atoms with Gasteiger partial charge in [0.05, 0.1) is 0 Å². The summed E-state index contributed by atoms with van der Waals surface area (Å²) in [4.78, 5) is 13.4. The van der Waals surface area contributed by atoms with E-state index in [0.29, 0.717) is 5.92 Å². The van der Waals surface area contributed by atoms with Crippen LogP contribution in [0.5, 0.6) is 0 Å². The molecule has 0 aliphatic carbocycles. The molecule has 0 aromatic heterocycles. The van der Waals surface area contributed by atoms with Gasteiger partial charge < -0.3 is 5.11 Å². The lowest BCUT2D eigenvalue weighted by molar-refractivity contribution is -0.145. The van der Waals surface area contributed by atoms with Crippen molar-refractivity contribution in [2.24, 2.45) is 5.92 Å². The molecule has 0 spiro atoms. The van der Waals surface area contributed by atoms with Gasteiger partial charge in [0.1, 0.15) is 6.04 Å². The molecule has 2 rings (SSSR count). The Morgan fingerprint density at radius 2 is 2.28 bits per heavy atom. The van der Waals surface area contributed by atoms with E-state index in [1.165, 1.54) is 11.1 Å². The number of rotatable bonds is 3. The summed E-state index contributed by atoms with van der Waals surface area (Å²) in [6, 6.07) is 7.99. The summed E-state index contributed by atoms with van der Waals surface area (Å²) in [6.07, 6.45) is 1.86. The summed E-state index contributed by atoms with van der Waals surface area (Å²) >= 11 is 0. The van der Waals surface area contributed by atoms with Gasteiger partial charge in [-0.15, -0.1) is 0 Å². The van der Waals surface area contributed by atoms with E-state index in [2.05, 4.69) is 36.9 Å². The second-order valence-electron chi connectivity index (χ2n) is 5.44. The maximum Gasteiger partial charge on any atom is 0.320 e. The van der Waals surface area contributed by atoms with Crippen LogP contribution in [-0.4, -0.2) is 28.6 Å². The first-order valence-corrected chi connectivity index (χ1v) is 6.58. The number of aryl methyl sites for hydroxylation is 1. The Kier molecular flexibility index (Phi) is 4.02. The summed E-state index contributed by atoms with van der Waals surface area (Å²) in [5, 5.41) is 9.32. The van der Waals surface area contributed by atoms with Crippen molar-refractivity contribution in [2.45, 2.75) is 39.3 Å². The molecule has 1 aliphatic rings. The molecule has 2 unspecified atom stereocenters. The number of carbonyl (C=O) groups is 1. The van der Waals surface area contributed by atoms with Crippen LogP contribution in [0.25, 0.3) is 0 Å². The van der Waals surface area contributed by atoms with Gasteiger partial charge in [-0.2, -0.15) is 0 Å². The van der Waals surface area contributed by atoms with Crippen LogP contribution >= 0.6 is 0 Å². The molecule has 18 heavy (non-hydrogen) atoms. The summed E-state index contributed by atoms with van der Waals surface area (Å²) in [5.74, 6) is -0.172. The fraction of sp³-hybridized carbons (Fsp3) is 0.533. The number of aliphatic carboxylic acids is 1. The third-order valence-electron chi connectivity index (χ3n) is 3.73. The Morgan fingerprint density at radius 1 is 1.50 bits per heavy atom. The van der Waals surface area contributed by atoms with E-state index in [-0.39, 0.29) is 6.04 Å². The van der Waals surface area contributed by atoms with Crippen molar-refractivity contribution >= 4 is 5.97 Å². The molecule has 1 aliphatic heterocycles. The maximum atomic E-state index is 11.3. The Bertz CT molecular complexity index is 430. The van der Waals surface area contributed by atoms with E-state index in [1.54, 1.807) is 0 Å². The molecule has 0 saturated carbocycles. The second kappa shape index (κ2) is 5.53. The van der Waals surface area contributed by atoms with Gasteiger partial charge in [-0.3, -0.25) is 9.69 Å². The quantitative estimate of drug-likeness (QED) is 0.892. The number of hydrogen-bond donors (Lipinski definition) is 1. The number of likely N-dealkylation sites (tertiary alicyclic amines) is 1. The Balaban J connectivity index is 2.09. The van der Waals surface area contributed by atoms with Crippen molar-refractivity contribution in [3.63, 3.8) is 0 Å². The van der Waals surface area contributed by atoms with E-state index in [4.69, 9.17) is 0 Å². The number of benzene rings is 1. The molecular weight excluding hydrogens is 226 g/mol. The number of carboxylic acid groups (broad SMARTS) is 1. The minimum absolute atomic E-state index is 0.325. The Labute approximate surface area is 108 Å². The number of hydrogen-bond acceptors (Lipinski definition) is 2. The standard InChI is InChI=1S/C15H21NO2/c1-11-4-3-5-13(8-11)10-16-7-6-12(2)9-14(16)15(17)18/h3-5,8,12,14H,6-7,9-10H2,1-2H3,(H,17,18). The van der Waals surface area contributed by atoms with Crippen molar-refractivity contribution in [2.75, 3.05) is 6.54 Å². The highest BCUT2D eigenvalue weighted by Crippen LogP contribution is 2.24. The zero-order chi connectivity index (χ0) is 13.1. The van der Waals surface area contributed by atoms with Crippen LogP contribution in [0.1, 0.15) is 30.9 Å². The fourth-order valence-corrected chi connectivity index (χ4v) is 2.68. The fourth-order valence-electron chi connectivity index (χ4n) is 2.68. The molecule has 1 aromatic rings. The number of piperidine rings is 1. The van der Waals surface area contributed by atoms with Crippen molar-refractivity contribution in [1.82, 2.24) is 4.90 Å². The molecule has 1 N–H and O–H groups in total. The van der Waals surface area contributed by atoms with E-state index in [9.17, 15) is 9.90 Å². The van der Waals surface area contributed by atoms with Crippen LogP contribution in [0.4, 0.5) is 0 Å². The lowest BCUT2D eigenvalue weighted by atomic mass is 9.92. The maximum absolute atomic E-state index is 11.3. The van der Waals surface area contributed by atoms with Gasteiger partial charge >= 0.3 is 5.97 Å². The first kappa shape index (κ1) is 13.1. The van der Waals surface area contributed by atoms with Gasteiger partial charge in [-0.25, -0.2) is 0 Å². The van der Waals surface area contributed by atoms with E-state index in [0.717, 1.165) is 25.9 Å². The normalized spacial score (nSPS) is 25.0. The highest BCUT2D eigenvalue weighted by atomic mass is 16.4. The van der Waals surface area contributed by atoms with Crippen molar-refractivity contribution in [1.29, 1.82) is 0 Å². The highest BCUT2D eigenvalue weighted by Gasteiger charge is 2.31. The summed E-state index contributed by atoms with van der Waals surface area (Å²) in [5.41, 5.74) is 2.43. The van der Waals surface area contributed by atoms with Gasteiger partial charge in [0.25, 0.3) is 0 Å². The summed E-state index contributed by atoms with van der Waals surface area (Å²) < 4.78 is 0. The van der Waals surface area contributed by atoms with Crippen molar-refractivity contribution in [3.8, 4) is 0 Å². The first-order chi connectivity index (χ1) is 8.56. The largest absolute Gasteiger partial charge is 0.480 e. The molecule has 2 atom stereocenters. The number of carboxylic acids is 1. The molecule has 0 radical (unpaired) electrons. The van der Waals surface area contributed by atoms with E-state index >= 15 is 0 Å². The zero-order valence-corrected chi connectivity index (χ0v) is 11.1. The lowest BCUT2D eigenvalue weighted by Crippen LogP contribution is -2.46. The average molecular weight is 247 g/mol. The topological polar surface area (TPSA) is 40.5 Å². The Hall–Kier alpha value is -1.35. The van der Waals surface area contributed by atoms with Crippen LogP contribution < -0.4 is 0 Å². The van der Waals surface area contributed by atoms with Gasteiger partial charge in [0.2, 0.25) is 0 Å². The van der Waals surface area contributed by atoms with Gasteiger partial charge in [-0.1, -0.05) is 36.8 Å². The molecule has 3 nitrogen and oxygen atoms in total. The molecule has 0 bridgehead atoms. The minimum Gasteiger partial charge on any atom is -0.480 e. The molecule has 3 heteroatoms. The van der Waals surface area contributed by atoms with Crippen LogP contribution in [0.15, 0.2) is 24.3 Å². The predicted molar refractivity (Wildman–Crippen MR) is 71.4 cm³/mol. The lowest BCUT2D eigenvalue weighted by Gasteiger charge is -2.36. The molecule has 1 saturated heterocycles. The zero-order valence-electron chi connectivity index (χ0n) is 11.1. The van der Waals surface area contributed by atoms with Crippen LogP contribution in [0.2, 0.25) is 0 Å². The van der Waals surface area contributed by atoms with Crippen LogP contribution in [0.3, 0.4) is 0 Å². The van der Waals surface area contributed by atoms with E-state index < -0.39 is 5.97 Å². The summed E-state index contributed by atoms with van der Waals surface area (Å²) in [6.45, 7) is 5.83. The molecule has 1 aromatic carbocycles. The highest BCUT2D eigenvalue weighted by molar-refractivity contribution is 5.73. The van der Waals surface area contributed by atoms with Gasteiger partial charge in [-0.05, 0) is 37.8 Å². The SMILES string of the molecule is Cc1cccc(CN2CCC(C)CC2C(=O)O)c1. The molecule has 98 valence electrons. The average Bonchev–Trinajstić information content (AvgIpc) is 2.31. The van der Waals surface area contributed by atoms with Crippen molar-refractivity contribution in [3.05, 3.63) is 35.4 Å². The van der Waals surface area contributed by atoms with Crippen LogP contribution in [-0.2, 0) is 11.3 Å². The predicted octanol–water partition coefficient (Wildman–Crippen LogP) is 2.68. The van der Waals surface area contributed by atoms with Crippen molar-refractivity contribution < 1.29 is 9.90 Å². The smallest absolute Gasteiger partial charge is 0.320 e. The molecule has 1 fully saturated rings. The first-order valence-electron chi connectivity index (χ1n) is 6.58. The third-order valence-corrected chi connectivity index (χ3v) is 3.73. The molecule has 0 amide bonds. The van der Waals surface area contributed by atoms with Crippen LogP contribution in [0, 0.1) is 12.8 Å². The number of nitrogens with zero attached hydrogens (tertiary/aromatic N) is 1. The molecule has 1 heterocycles. The third kappa shape index (κ3) is 3.10. The summed E-state index contributed by atoms with van der Waals surface area (Å²) in [7, 11) is 0. The monoisotopic (exact) mass is 247 g/mol. The van der Waals surface area contributed by atoms with Gasteiger partial charge in [0, 0.05) is 6.54 Å². The molecular formula is C15H21NO2. The van der Waals surface area contributed by atoms with E-state index in [1.807, 2.05) is 6.07 Å². The Morgan fingerprint density at radius 3 is 2.94 bits per heavy atom. The minimum atomic E-state index is -0.686.